The molecule has 0 saturated carbocycles. The highest BCUT2D eigenvalue weighted by atomic mass is 16.6. The Morgan fingerprint density at radius 2 is 1.44 bits per heavy atom. The van der Waals surface area contributed by atoms with Crippen LogP contribution in [0.15, 0.2) is 36.4 Å². The third-order valence-electron chi connectivity index (χ3n) is 6.84. The number of benzene rings is 2. The van der Waals surface area contributed by atoms with Gasteiger partial charge < -0.3 is 19.7 Å². The van der Waals surface area contributed by atoms with E-state index in [0.29, 0.717) is 6.61 Å². The lowest BCUT2D eigenvalue weighted by atomic mass is 9.70. The van der Waals surface area contributed by atoms with E-state index in [4.69, 9.17) is 9.47 Å². The Morgan fingerprint density at radius 3 is 1.92 bits per heavy atom. The summed E-state index contributed by atoms with van der Waals surface area (Å²) in [5, 5.41) is 20.2. The summed E-state index contributed by atoms with van der Waals surface area (Å²) in [4.78, 5) is 0. The number of aliphatic hydroxyl groups excluding tert-OH is 1. The van der Waals surface area contributed by atoms with Gasteiger partial charge in [0.2, 0.25) is 0 Å². The molecule has 4 nitrogen and oxygen atoms in total. The molecule has 198 valence electrons. The van der Waals surface area contributed by atoms with E-state index < -0.39 is 11.9 Å². The van der Waals surface area contributed by atoms with E-state index in [1.807, 2.05) is 33.8 Å². The van der Waals surface area contributed by atoms with Crippen LogP contribution in [0, 0.1) is 31.1 Å². The second-order valence-electron chi connectivity index (χ2n) is 11.5. The molecule has 0 saturated heterocycles. The molecule has 2 rings (SSSR count). The number of ether oxygens (including phenoxy) is 2. The van der Waals surface area contributed by atoms with Gasteiger partial charge in [-0.1, -0.05) is 70.7 Å². The largest absolute Gasteiger partial charge is 0.491 e. The van der Waals surface area contributed by atoms with Crippen molar-refractivity contribution in [1.29, 1.82) is 0 Å². The lowest BCUT2D eigenvalue weighted by Gasteiger charge is -2.34. The Hall–Kier alpha value is -2.32. The normalized spacial score (nSPS) is 14.1. The van der Waals surface area contributed by atoms with Crippen molar-refractivity contribution in [1.82, 2.24) is 0 Å². The Balaban J connectivity index is 2.33. The van der Waals surface area contributed by atoms with Crippen LogP contribution in [0.1, 0.15) is 96.0 Å². The molecule has 2 atom stereocenters. The van der Waals surface area contributed by atoms with Crippen LogP contribution in [0.3, 0.4) is 0 Å². The summed E-state index contributed by atoms with van der Waals surface area (Å²) in [5.41, 5.74) is 5.28. The molecule has 0 aromatic heterocycles. The monoisotopic (exact) mass is 494 g/mol. The van der Waals surface area contributed by atoms with Gasteiger partial charge in [-0.25, -0.2) is 0 Å². The molecule has 0 aliphatic heterocycles. The molecule has 0 bridgehead atoms. The molecule has 0 aliphatic rings. The topological polar surface area (TPSA) is 58.9 Å². The van der Waals surface area contributed by atoms with Gasteiger partial charge in [0.1, 0.15) is 18.5 Å². The molecule has 2 aromatic rings. The van der Waals surface area contributed by atoms with Gasteiger partial charge in [0.05, 0.1) is 6.10 Å². The first-order valence-electron chi connectivity index (χ1n) is 13.1. The molecule has 4 heteroatoms. The molecule has 0 radical (unpaired) electrons. The SMILES string of the molecule is CCC(CC)(c1ccc(C#CC(O)C(C)(C)C)c(C)c1)c1ccc(OCC(C)OC(C)(C)O)c(C)c1. The van der Waals surface area contributed by atoms with E-state index in [-0.39, 0.29) is 16.9 Å². The van der Waals surface area contributed by atoms with Gasteiger partial charge in [-0.2, -0.15) is 0 Å². The fourth-order valence-electron chi connectivity index (χ4n) is 4.54. The second-order valence-corrected chi connectivity index (χ2v) is 11.5. The van der Waals surface area contributed by atoms with Crippen molar-refractivity contribution in [2.45, 2.75) is 105 Å². The quantitative estimate of drug-likeness (QED) is 0.301. The summed E-state index contributed by atoms with van der Waals surface area (Å²) in [5.74, 6) is 5.84. The second kappa shape index (κ2) is 11.8. The first kappa shape index (κ1) is 29.9. The van der Waals surface area contributed by atoms with Crippen LogP contribution in [0.4, 0.5) is 0 Å². The zero-order chi connectivity index (χ0) is 27.3. The summed E-state index contributed by atoms with van der Waals surface area (Å²) in [6.07, 6.45) is 1.03. The zero-order valence-electron chi connectivity index (χ0n) is 24.0. The first-order valence-corrected chi connectivity index (χ1v) is 13.1. The zero-order valence-corrected chi connectivity index (χ0v) is 24.0. The van der Waals surface area contributed by atoms with Gasteiger partial charge in [0.15, 0.2) is 5.79 Å². The van der Waals surface area contributed by atoms with E-state index in [2.05, 4.69) is 69.9 Å². The van der Waals surface area contributed by atoms with E-state index in [9.17, 15) is 10.2 Å². The van der Waals surface area contributed by atoms with E-state index >= 15 is 0 Å². The minimum atomic E-state index is -1.19. The summed E-state index contributed by atoms with van der Waals surface area (Å²) >= 11 is 0. The number of rotatable bonds is 9. The highest BCUT2D eigenvalue weighted by molar-refractivity contribution is 5.50. The maximum absolute atomic E-state index is 10.3. The van der Waals surface area contributed by atoms with Crippen LogP contribution in [0.5, 0.6) is 5.75 Å². The smallest absolute Gasteiger partial charge is 0.160 e. The van der Waals surface area contributed by atoms with Crippen LogP contribution < -0.4 is 4.74 Å². The molecular formula is C32H46O4. The summed E-state index contributed by atoms with van der Waals surface area (Å²) in [6.45, 7) is 20.1. The summed E-state index contributed by atoms with van der Waals surface area (Å²) in [7, 11) is 0. The molecule has 0 aliphatic carbocycles. The van der Waals surface area contributed by atoms with Crippen molar-refractivity contribution >= 4 is 0 Å². The fraction of sp³-hybridized carbons (Fsp3) is 0.562. The van der Waals surface area contributed by atoms with Crippen LogP contribution >= 0.6 is 0 Å². The average molecular weight is 495 g/mol. The van der Waals surface area contributed by atoms with Crippen molar-refractivity contribution in [3.05, 3.63) is 64.2 Å². The van der Waals surface area contributed by atoms with Crippen molar-refractivity contribution in [3.8, 4) is 17.6 Å². The molecule has 2 N–H and O–H groups in total. The molecule has 2 unspecified atom stereocenters. The van der Waals surface area contributed by atoms with Gasteiger partial charge in [-0.15, -0.1) is 0 Å². The first-order chi connectivity index (χ1) is 16.6. The Morgan fingerprint density at radius 1 is 0.889 bits per heavy atom. The molecular weight excluding hydrogens is 448 g/mol. The van der Waals surface area contributed by atoms with Crippen molar-refractivity contribution in [3.63, 3.8) is 0 Å². The van der Waals surface area contributed by atoms with Crippen LogP contribution in [0.25, 0.3) is 0 Å². The van der Waals surface area contributed by atoms with Crippen LogP contribution in [-0.4, -0.2) is 34.8 Å². The van der Waals surface area contributed by atoms with Crippen LogP contribution in [-0.2, 0) is 10.2 Å². The molecule has 0 spiro atoms. The minimum Gasteiger partial charge on any atom is -0.491 e. The lowest BCUT2D eigenvalue weighted by Crippen LogP contribution is -2.32. The van der Waals surface area contributed by atoms with Gasteiger partial charge >= 0.3 is 0 Å². The number of hydrogen-bond donors (Lipinski definition) is 2. The Bertz CT molecular complexity index is 1070. The van der Waals surface area contributed by atoms with E-state index in [1.54, 1.807) is 13.8 Å². The average Bonchev–Trinajstić information content (AvgIpc) is 2.77. The molecule has 0 fully saturated rings. The standard InChI is InChI=1S/C32H46O4/c1-11-32(12-2,26-15-13-25(22(3)19-26)14-18-29(33)30(6,7)8)27-16-17-28(23(4)20-27)35-21-24(5)36-31(9,10)34/h13,15-17,19-20,24,29,33-34H,11-12,21H2,1-10H3. The molecule has 0 amide bonds. The lowest BCUT2D eigenvalue weighted by molar-refractivity contribution is -0.206. The highest BCUT2D eigenvalue weighted by Gasteiger charge is 2.31. The van der Waals surface area contributed by atoms with Gasteiger partial charge in [0.25, 0.3) is 0 Å². The van der Waals surface area contributed by atoms with Gasteiger partial charge in [-0.05, 0) is 87.3 Å². The Kier molecular flexibility index (Phi) is 9.82. The highest BCUT2D eigenvalue weighted by Crippen LogP contribution is 2.41. The molecule has 36 heavy (non-hydrogen) atoms. The minimum absolute atomic E-state index is 0.123. The third-order valence-corrected chi connectivity index (χ3v) is 6.84. The predicted octanol–water partition coefficient (Wildman–Crippen LogP) is 6.68. The van der Waals surface area contributed by atoms with Crippen molar-refractivity contribution in [2.75, 3.05) is 6.61 Å². The van der Waals surface area contributed by atoms with Crippen molar-refractivity contribution in [2.24, 2.45) is 5.41 Å². The van der Waals surface area contributed by atoms with Gasteiger partial charge in [0, 0.05) is 11.0 Å². The number of hydrogen-bond acceptors (Lipinski definition) is 4. The third kappa shape index (κ3) is 7.59. The van der Waals surface area contributed by atoms with E-state index in [0.717, 1.165) is 35.3 Å². The number of aliphatic hydroxyl groups is 2. The van der Waals surface area contributed by atoms with Crippen LogP contribution in [0.2, 0.25) is 0 Å². The van der Waals surface area contributed by atoms with Crippen molar-refractivity contribution < 1.29 is 19.7 Å². The number of aryl methyl sites for hydroxylation is 2. The summed E-state index contributed by atoms with van der Waals surface area (Å²) in [6, 6.07) is 13.0. The maximum Gasteiger partial charge on any atom is 0.160 e. The maximum atomic E-state index is 10.3. The molecule has 0 heterocycles. The van der Waals surface area contributed by atoms with E-state index in [1.165, 1.54) is 11.1 Å². The predicted molar refractivity (Wildman–Crippen MR) is 148 cm³/mol. The van der Waals surface area contributed by atoms with Gasteiger partial charge in [-0.3, -0.25) is 0 Å². The fourth-order valence-corrected chi connectivity index (χ4v) is 4.54. The molecule has 2 aromatic carbocycles. The Labute approximate surface area is 219 Å². The summed E-state index contributed by atoms with van der Waals surface area (Å²) < 4.78 is 11.6.